The molecule has 21 heavy (non-hydrogen) atoms. The first-order valence-corrected chi connectivity index (χ1v) is 6.41. The van der Waals surface area contributed by atoms with E-state index in [-0.39, 0.29) is 24.4 Å². The van der Waals surface area contributed by atoms with Crippen molar-refractivity contribution in [1.82, 2.24) is 4.57 Å². The van der Waals surface area contributed by atoms with Crippen LogP contribution < -0.4 is 0 Å². The summed E-state index contributed by atoms with van der Waals surface area (Å²) in [4.78, 5) is 23.0. The van der Waals surface area contributed by atoms with E-state index in [0.29, 0.717) is 0 Å². The molecule has 0 fully saturated rings. The molecule has 1 aromatic carbocycles. The highest BCUT2D eigenvalue weighted by Crippen LogP contribution is 2.26. The highest BCUT2D eigenvalue weighted by atomic mass is 16.5. The molecule has 0 saturated heterocycles. The topological polar surface area (TPSA) is 88.8 Å². The first-order valence-electron chi connectivity index (χ1n) is 6.41. The maximum atomic E-state index is 11.9. The number of benzene rings is 1. The van der Waals surface area contributed by atoms with Gasteiger partial charge >= 0.3 is 11.9 Å². The zero-order valence-electron chi connectivity index (χ0n) is 11.4. The van der Waals surface area contributed by atoms with Crippen molar-refractivity contribution in [3.63, 3.8) is 0 Å². The molecule has 0 aliphatic carbocycles. The van der Waals surface area contributed by atoms with Crippen LogP contribution in [0.2, 0.25) is 0 Å². The number of nitrogens with zero attached hydrogens (tertiary/aromatic N) is 1. The third-order valence-corrected chi connectivity index (χ3v) is 2.95. The number of carbonyl (C=O) groups is 2. The van der Waals surface area contributed by atoms with Gasteiger partial charge in [-0.05, 0) is 12.5 Å². The number of carbonyl (C=O) groups excluding carboxylic acids is 1. The molecule has 2 rings (SSSR count). The minimum atomic E-state index is -1.30. The van der Waals surface area contributed by atoms with Gasteiger partial charge in [0.25, 0.3) is 0 Å². The van der Waals surface area contributed by atoms with Crippen molar-refractivity contribution in [3.8, 4) is 5.75 Å². The normalized spacial score (nSPS) is 10.3. The van der Waals surface area contributed by atoms with Crippen LogP contribution in [0.25, 0.3) is 0 Å². The van der Waals surface area contributed by atoms with E-state index in [4.69, 9.17) is 9.84 Å². The van der Waals surface area contributed by atoms with Crippen molar-refractivity contribution in [2.75, 3.05) is 6.61 Å². The fourth-order valence-corrected chi connectivity index (χ4v) is 2.02. The molecule has 0 saturated carbocycles. The molecule has 6 heteroatoms. The minimum Gasteiger partial charge on any atom is -0.505 e. The van der Waals surface area contributed by atoms with E-state index in [1.165, 1.54) is 10.8 Å². The van der Waals surface area contributed by atoms with Crippen molar-refractivity contribution in [2.24, 2.45) is 0 Å². The summed E-state index contributed by atoms with van der Waals surface area (Å²) in [7, 11) is 0. The predicted octanol–water partition coefficient (Wildman–Crippen LogP) is 2.12. The highest BCUT2D eigenvalue weighted by Gasteiger charge is 2.25. The molecule has 2 N–H and O–H groups in total. The van der Waals surface area contributed by atoms with E-state index >= 15 is 0 Å². The van der Waals surface area contributed by atoms with Gasteiger partial charge in [0.1, 0.15) is 5.56 Å². The Balaban J connectivity index is 2.45. The van der Waals surface area contributed by atoms with E-state index in [2.05, 4.69) is 0 Å². The summed E-state index contributed by atoms with van der Waals surface area (Å²) in [5.41, 5.74) is 0.391. The molecule has 1 aromatic heterocycles. The number of esters is 1. The van der Waals surface area contributed by atoms with E-state index in [1.54, 1.807) is 6.92 Å². The molecule has 0 atom stereocenters. The summed E-state index contributed by atoms with van der Waals surface area (Å²) in [5.74, 6) is -2.62. The van der Waals surface area contributed by atoms with Gasteiger partial charge in [0, 0.05) is 12.7 Å². The zero-order valence-corrected chi connectivity index (χ0v) is 11.4. The Hall–Kier alpha value is -2.76. The number of hydrogen-bond acceptors (Lipinski definition) is 4. The molecule has 0 radical (unpaired) electrons. The van der Waals surface area contributed by atoms with Crippen LogP contribution in [0.5, 0.6) is 5.75 Å². The summed E-state index contributed by atoms with van der Waals surface area (Å²) < 4.78 is 6.25. The van der Waals surface area contributed by atoms with Crippen LogP contribution in [0.15, 0.2) is 36.5 Å². The maximum Gasteiger partial charge on any atom is 0.358 e. The SMILES string of the molecule is CCOC(=O)c1c(O)c(C(=O)O)cn1Cc1ccccc1. The van der Waals surface area contributed by atoms with Crippen LogP contribution in [0.4, 0.5) is 0 Å². The lowest BCUT2D eigenvalue weighted by Crippen LogP contribution is -2.12. The number of aromatic carboxylic acids is 1. The third kappa shape index (κ3) is 3.05. The number of carboxylic acids is 1. The predicted molar refractivity (Wildman–Crippen MR) is 74.6 cm³/mol. The van der Waals surface area contributed by atoms with Gasteiger partial charge < -0.3 is 19.5 Å². The minimum absolute atomic E-state index is 0.136. The number of hydrogen-bond donors (Lipinski definition) is 2. The molecule has 0 aliphatic rings. The lowest BCUT2D eigenvalue weighted by molar-refractivity contribution is 0.0511. The van der Waals surface area contributed by atoms with Gasteiger partial charge in [-0.3, -0.25) is 0 Å². The summed E-state index contributed by atoms with van der Waals surface area (Å²) in [6.07, 6.45) is 1.23. The number of carboxylic acid groups (broad SMARTS) is 1. The molecule has 0 bridgehead atoms. The molecule has 0 amide bonds. The van der Waals surface area contributed by atoms with Crippen LogP contribution in [0.1, 0.15) is 33.3 Å². The second kappa shape index (κ2) is 6.13. The average Bonchev–Trinajstić information content (AvgIpc) is 2.77. The van der Waals surface area contributed by atoms with E-state index in [9.17, 15) is 14.7 Å². The van der Waals surface area contributed by atoms with Crippen LogP contribution in [-0.2, 0) is 11.3 Å². The number of aromatic hydroxyl groups is 1. The Labute approximate surface area is 121 Å². The van der Waals surface area contributed by atoms with Crippen molar-refractivity contribution in [3.05, 3.63) is 53.3 Å². The van der Waals surface area contributed by atoms with Gasteiger partial charge in [0.15, 0.2) is 11.4 Å². The number of aromatic nitrogens is 1. The van der Waals surface area contributed by atoms with Gasteiger partial charge in [-0.1, -0.05) is 30.3 Å². The second-order valence-corrected chi connectivity index (χ2v) is 4.38. The Morgan fingerprint density at radius 1 is 1.24 bits per heavy atom. The summed E-state index contributed by atoms with van der Waals surface area (Å²) in [6, 6.07) is 9.20. The standard InChI is InChI=1S/C15H15NO5/c1-2-21-15(20)12-13(17)11(14(18)19)9-16(12)8-10-6-4-3-5-7-10/h3-7,9,17H,2,8H2,1H3,(H,18,19). The van der Waals surface area contributed by atoms with Gasteiger partial charge in [-0.15, -0.1) is 0 Å². The summed E-state index contributed by atoms with van der Waals surface area (Å²) in [6.45, 7) is 2.03. The molecule has 0 aliphatic heterocycles. The van der Waals surface area contributed by atoms with Gasteiger partial charge in [-0.2, -0.15) is 0 Å². The first kappa shape index (κ1) is 14.6. The Morgan fingerprint density at radius 3 is 2.48 bits per heavy atom. The van der Waals surface area contributed by atoms with Gasteiger partial charge in [0.2, 0.25) is 0 Å². The molecule has 6 nitrogen and oxygen atoms in total. The van der Waals surface area contributed by atoms with Gasteiger partial charge in [0.05, 0.1) is 6.61 Å². The lowest BCUT2D eigenvalue weighted by Gasteiger charge is -2.08. The van der Waals surface area contributed by atoms with Crippen molar-refractivity contribution < 1.29 is 24.5 Å². The van der Waals surface area contributed by atoms with E-state index in [0.717, 1.165) is 5.56 Å². The molecule has 1 heterocycles. The molecule has 0 unspecified atom stereocenters. The Bertz CT molecular complexity index is 660. The Kier molecular flexibility index (Phi) is 4.27. The molecular weight excluding hydrogens is 274 g/mol. The monoisotopic (exact) mass is 289 g/mol. The second-order valence-electron chi connectivity index (χ2n) is 4.38. The van der Waals surface area contributed by atoms with Crippen LogP contribution in [0.3, 0.4) is 0 Å². The molecule has 0 spiro atoms. The van der Waals surface area contributed by atoms with Crippen LogP contribution >= 0.6 is 0 Å². The lowest BCUT2D eigenvalue weighted by atomic mass is 10.2. The number of rotatable bonds is 5. The average molecular weight is 289 g/mol. The first-order chi connectivity index (χ1) is 10.0. The quantitative estimate of drug-likeness (QED) is 0.823. The fourth-order valence-electron chi connectivity index (χ4n) is 2.02. The highest BCUT2D eigenvalue weighted by molar-refractivity contribution is 5.99. The molecular formula is C15H15NO5. The van der Waals surface area contributed by atoms with Crippen molar-refractivity contribution in [2.45, 2.75) is 13.5 Å². The van der Waals surface area contributed by atoms with Crippen LogP contribution in [0, 0.1) is 0 Å². The zero-order chi connectivity index (χ0) is 15.4. The molecule has 110 valence electrons. The Morgan fingerprint density at radius 2 is 1.90 bits per heavy atom. The van der Waals surface area contributed by atoms with Crippen molar-refractivity contribution >= 4 is 11.9 Å². The summed E-state index contributed by atoms with van der Waals surface area (Å²) >= 11 is 0. The van der Waals surface area contributed by atoms with Crippen molar-refractivity contribution in [1.29, 1.82) is 0 Å². The number of ether oxygens (including phenoxy) is 1. The van der Waals surface area contributed by atoms with Gasteiger partial charge in [-0.25, -0.2) is 9.59 Å². The third-order valence-electron chi connectivity index (χ3n) is 2.95. The van der Waals surface area contributed by atoms with E-state index < -0.39 is 17.7 Å². The van der Waals surface area contributed by atoms with E-state index in [1.807, 2.05) is 30.3 Å². The summed E-state index contributed by atoms with van der Waals surface area (Å²) in [5, 5.41) is 19.0. The fraction of sp³-hybridized carbons (Fsp3) is 0.200. The smallest absolute Gasteiger partial charge is 0.358 e. The molecule has 2 aromatic rings. The largest absolute Gasteiger partial charge is 0.505 e. The maximum absolute atomic E-state index is 11.9. The van der Waals surface area contributed by atoms with Crippen LogP contribution in [-0.4, -0.2) is 33.3 Å².